The van der Waals surface area contributed by atoms with Gasteiger partial charge in [-0.25, -0.2) is 0 Å². The average molecular weight is 341 g/mol. The molecule has 1 saturated carbocycles. The van der Waals surface area contributed by atoms with Crippen molar-refractivity contribution in [2.75, 3.05) is 0 Å². The molecule has 0 atom stereocenters. The Bertz CT molecular complexity index is 1020. The Morgan fingerprint density at radius 2 is 1.85 bits per heavy atom. The SMILES string of the molecule is O=Cc1ccc2c(C3CCCCC3)c3n(c2c1)CC=Cc1ccccc1-3. The highest BCUT2D eigenvalue weighted by atomic mass is 16.1. The number of aromatic nitrogens is 1. The molecule has 1 aromatic heterocycles. The summed E-state index contributed by atoms with van der Waals surface area (Å²) >= 11 is 0. The molecule has 0 bridgehead atoms. The zero-order valence-corrected chi connectivity index (χ0v) is 14.9. The Balaban J connectivity index is 1.86. The van der Waals surface area contributed by atoms with Gasteiger partial charge in [-0.2, -0.15) is 0 Å². The average Bonchev–Trinajstić information content (AvgIpc) is 2.89. The molecule has 1 fully saturated rings. The van der Waals surface area contributed by atoms with E-state index < -0.39 is 0 Å². The fourth-order valence-electron chi connectivity index (χ4n) is 4.89. The standard InChI is InChI=1S/C24H23NO/c26-16-17-12-13-21-22(15-17)25-14-6-10-18-7-4-5-11-20(18)24(25)23(21)19-8-2-1-3-9-19/h4-7,10-13,15-16,19H,1-3,8-9,14H2. The summed E-state index contributed by atoms with van der Waals surface area (Å²) in [5, 5.41) is 1.34. The summed E-state index contributed by atoms with van der Waals surface area (Å²) in [6.45, 7) is 0.857. The third-order valence-electron chi connectivity index (χ3n) is 6.08. The largest absolute Gasteiger partial charge is 0.336 e. The summed E-state index contributed by atoms with van der Waals surface area (Å²) < 4.78 is 2.43. The molecule has 1 aliphatic carbocycles. The Kier molecular flexibility index (Phi) is 3.77. The third-order valence-corrected chi connectivity index (χ3v) is 6.08. The number of aldehydes is 1. The van der Waals surface area contributed by atoms with Crippen molar-refractivity contribution in [2.24, 2.45) is 0 Å². The summed E-state index contributed by atoms with van der Waals surface area (Å²) in [6, 6.07) is 14.9. The maximum absolute atomic E-state index is 11.4. The third kappa shape index (κ3) is 2.36. The van der Waals surface area contributed by atoms with Crippen molar-refractivity contribution in [3.63, 3.8) is 0 Å². The number of allylic oxidation sites excluding steroid dienone is 1. The first-order valence-electron chi connectivity index (χ1n) is 9.74. The molecule has 2 aliphatic rings. The minimum Gasteiger partial charge on any atom is -0.336 e. The van der Waals surface area contributed by atoms with Crippen LogP contribution in [0, 0.1) is 0 Å². The van der Waals surface area contributed by atoms with Crippen molar-refractivity contribution in [1.29, 1.82) is 0 Å². The molecule has 2 aromatic carbocycles. The predicted molar refractivity (Wildman–Crippen MR) is 108 cm³/mol. The lowest BCUT2D eigenvalue weighted by Crippen LogP contribution is -2.07. The van der Waals surface area contributed by atoms with Gasteiger partial charge in [0.25, 0.3) is 0 Å². The molecule has 2 heterocycles. The Hall–Kier alpha value is -2.61. The van der Waals surface area contributed by atoms with Crippen molar-refractivity contribution in [3.05, 3.63) is 65.2 Å². The first-order valence-corrected chi connectivity index (χ1v) is 9.74. The van der Waals surface area contributed by atoms with E-state index in [1.807, 2.05) is 6.07 Å². The van der Waals surface area contributed by atoms with Crippen LogP contribution in [0.15, 0.2) is 48.5 Å². The number of hydrogen-bond acceptors (Lipinski definition) is 1. The van der Waals surface area contributed by atoms with E-state index in [9.17, 15) is 4.79 Å². The van der Waals surface area contributed by atoms with Crippen LogP contribution >= 0.6 is 0 Å². The summed E-state index contributed by atoms with van der Waals surface area (Å²) in [4.78, 5) is 11.4. The van der Waals surface area contributed by atoms with Crippen LogP contribution in [-0.4, -0.2) is 10.9 Å². The van der Waals surface area contributed by atoms with Crippen LogP contribution in [0.25, 0.3) is 28.2 Å². The first kappa shape index (κ1) is 15.6. The normalized spacial score (nSPS) is 16.9. The highest BCUT2D eigenvalue weighted by Crippen LogP contribution is 2.45. The van der Waals surface area contributed by atoms with Crippen molar-refractivity contribution in [2.45, 2.75) is 44.6 Å². The molecule has 1 aliphatic heterocycles. The van der Waals surface area contributed by atoms with Gasteiger partial charge >= 0.3 is 0 Å². The molecule has 2 heteroatoms. The number of hydrogen-bond donors (Lipinski definition) is 0. The zero-order valence-electron chi connectivity index (χ0n) is 14.9. The van der Waals surface area contributed by atoms with Crippen LogP contribution in [0.2, 0.25) is 0 Å². The van der Waals surface area contributed by atoms with E-state index >= 15 is 0 Å². The molecular formula is C24H23NO. The van der Waals surface area contributed by atoms with Crippen LogP contribution in [0.5, 0.6) is 0 Å². The van der Waals surface area contributed by atoms with Crippen LogP contribution < -0.4 is 0 Å². The zero-order chi connectivity index (χ0) is 17.5. The summed E-state index contributed by atoms with van der Waals surface area (Å²) in [5.41, 5.74) is 7.46. The number of nitrogens with zero attached hydrogens (tertiary/aromatic N) is 1. The van der Waals surface area contributed by atoms with Crippen molar-refractivity contribution < 1.29 is 4.79 Å². The molecule has 130 valence electrons. The van der Waals surface area contributed by atoms with Gasteiger partial charge in [0, 0.05) is 28.6 Å². The maximum Gasteiger partial charge on any atom is 0.150 e. The molecule has 26 heavy (non-hydrogen) atoms. The lowest BCUT2D eigenvalue weighted by molar-refractivity contribution is 0.112. The summed E-state index contributed by atoms with van der Waals surface area (Å²) in [6.07, 6.45) is 12.0. The second kappa shape index (κ2) is 6.28. The summed E-state index contributed by atoms with van der Waals surface area (Å²) in [7, 11) is 0. The van der Waals surface area contributed by atoms with Crippen LogP contribution in [-0.2, 0) is 6.54 Å². The Morgan fingerprint density at radius 1 is 1.00 bits per heavy atom. The molecule has 0 spiro atoms. The van der Waals surface area contributed by atoms with Gasteiger partial charge in [0.05, 0.1) is 5.69 Å². The summed E-state index contributed by atoms with van der Waals surface area (Å²) in [5.74, 6) is 0.621. The van der Waals surface area contributed by atoms with E-state index in [0.717, 1.165) is 18.4 Å². The van der Waals surface area contributed by atoms with Gasteiger partial charge in [0.2, 0.25) is 0 Å². The van der Waals surface area contributed by atoms with E-state index in [2.05, 4.69) is 53.1 Å². The van der Waals surface area contributed by atoms with E-state index in [1.165, 1.54) is 65.4 Å². The lowest BCUT2D eigenvalue weighted by Gasteiger charge is -2.23. The van der Waals surface area contributed by atoms with Crippen molar-refractivity contribution in [3.8, 4) is 11.3 Å². The smallest absolute Gasteiger partial charge is 0.150 e. The highest BCUT2D eigenvalue weighted by Gasteiger charge is 2.27. The number of rotatable bonds is 2. The topological polar surface area (TPSA) is 22.0 Å². The van der Waals surface area contributed by atoms with Gasteiger partial charge in [-0.15, -0.1) is 0 Å². The molecule has 2 nitrogen and oxygen atoms in total. The molecule has 3 aromatic rings. The molecule has 0 N–H and O–H groups in total. The van der Waals surface area contributed by atoms with Gasteiger partial charge in [-0.3, -0.25) is 4.79 Å². The number of benzene rings is 2. The van der Waals surface area contributed by atoms with Gasteiger partial charge in [0.15, 0.2) is 0 Å². The predicted octanol–water partition coefficient (Wildman–Crippen LogP) is 6.20. The Morgan fingerprint density at radius 3 is 2.69 bits per heavy atom. The monoisotopic (exact) mass is 341 g/mol. The second-order valence-corrected chi connectivity index (χ2v) is 7.59. The van der Waals surface area contributed by atoms with Crippen LogP contribution in [0.4, 0.5) is 0 Å². The number of carbonyl (C=O) groups excluding carboxylic acids is 1. The minimum atomic E-state index is 0.621. The molecule has 0 amide bonds. The molecular weight excluding hydrogens is 318 g/mol. The van der Waals surface area contributed by atoms with Crippen molar-refractivity contribution in [1.82, 2.24) is 4.57 Å². The van der Waals surface area contributed by atoms with E-state index in [4.69, 9.17) is 0 Å². The van der Waals surface area contributed by atoms with Crippen LogP contribution in [0.3, 0.4) is 0 Å². The van der Waals surface area contributed by atoms with Gasteiger partial charge in [-0.1, -0.05) is 67.8 Å². The lowest BCUT2D eigenvalue weighted by atomic mass is 9.81. The highest BCUT2D eigenvalue weighted by molar-refractivity contribution is 5.97. The number of fused-ring (bicyclic) bond motifs is 5. The molecule has 0 unspecified atom stereocenters. The Labute approximate surface area is 154 Å². The first-order chi connectivity index (χ1) is 12.9. The van der Waals surface area contributed by atoms with E-state index in [-0.39, 0.29) is 0 Å². The van der Waals surface area contributed by atoms with Crippen molar-refractivity contribution >= 4 is 23.3 Å². The fraction of sp³-hybridized carbons (Fsp3) is 0.292. The number of carbonyl (C=O) groups is 1. The van der Waals surface area contributed by atoms with Gasteiger partial charge < -0.3 is 4.57 Å². The van der Waals surface area contributed by atoms with E-state index in [1.54, 1.807) is 0 Å². The molecule has 5 rings (SSSR count). The maximum atomic E-state index is 11.4. The second-order valence-electron chi connectivity index (χ2n) is 7.59. The van der Waals surface area contributed by atoms with Gasteiger partial charge in [-0.05, 0) is 36.0 Å². The quantitative estimate of drug-likeness (QED) is 0.509. The molecule has 0 radical (unpaired) electrons. The minimum absolute atomic E-state index is 0.621. The van der Waals surface area contributed by atoms with E-state index in [0.29, 0.717) is 5.92 Å². The fourth-order valence-corrected chi connectivity index (χ4v) is 4.89. The molecule has 0 saturated heterocycles. The van der Waals surface area contributed by atoms with Crippen LogP contribution in [0.1, 0.15) is 59.5 Å². The van der Waals surface area contributed by atoms with Gasteiger partial charge in [0.1, 0.15) is 6.29 Å².